The predicted molar refractivity (Wildman–Crippen MR) is 58.5 cm³/mol. The highest BCUT2D eigenvalue weighted by molar-refractivity contribution is 5.95. The molecule has 0 aliphatic rings. The number of nitrogens with two attached hydrogens (primary N) is 1. The van der Waals surface area contributed by atoms with E-state index in [0.29, 0.717) is 12.1 Å². The summed E-state index contributed by atoms with van der Waals surface area (Å²) in [4.78, 5) is 11.9. The molecule has 0 amide bonds. The SMILES string of the molecule is NCc1ccn(C(=O)c2ccc(F)cc2)c1. The molecule has 1 heterocycles. The Morgan fingerprint density at radius 1 is 1.25 bits per heavy atom. The van der Waals surface area contributed by atoms with Gasteiger partial charge >= 0.3 is 0 Å². The molecule has 0 fully saturated rings. The van der Waals surface area contributed by atoms with Crippen LogP contribution < -0.4 is 5.73 Å². The van der Waals surface area contributed by atoms with E-state index in [1.54, 1.807) is 18.5 Å². The molecule has 3 nitrogen and oxygen atoms in total. The number of rotatable bonds is 2. The molecule has 4 heteroatoms. The van der Waals surface area contributed by atoms with Crippen LogP contribution in [0.3, 0.4) is 0 Å². The van der Waals surface area contributed by atoms with Crippen LogP contribution in [-0.4, -0.2) is 10.5 Å². The zero-order valence-corrected chi connectivity index (χ0v) is 8.56. The lowest BCUT2D eigenvalue weighted by atomic mass is 10.2. The van der Waals surface area contributed by atoms with Crippen molar-refractivity contribution >= 4 is 5.91 Å². The Balaban J connectivity index is 2.28. The van der Waals surface area contributed by atoms with Gasteiger partial charge in [-0.3, -0.25) is 9.36 Å². The minimum Gasteiger partial charge on any atom is -0.326 e. The summed E-state index contributed by atoms with van der Waals surface area (Å²) >= 11 is 0. The maximum Gasteiger partial charge on any atom is 0.261 e. The van der Waals surface area contributed by atoms with Crippen molar-refractivity contribution in [3.8, 4) is 0 Å². The number of nitrogens with zero attached hydrogens (tertiary/aromatic N) is 1. The van der Waals surface area contributed by atoms with Crippen molar-refractivity contribution in [3.05, 3.63) is 59.7 Å². The lowest BCUT2D eigenvalue weighted by Gasteiger charge is -2.01. The Hall–Kier alpha value is -1.94. The van der Waals surface area contributed by atoms with Crippen molar-refractivity contribution in [3.63, 3.8) is 0 Å². The van der Waals surface area contributed by atoms with Gasteiger partial charge in [0, 0.05) is 24.5 Å². The van der Waals surface area contributed by atoms with Crippen LogP contribution in [0.4, 0.5) is 4.39 Å². The van der Waals surface area contributed by atoms with Gasteiger partial charge in [0.25, 0.3) is 5.91 Å². The molecule has 0 saturated carbocycles. The standard InChI is InChI=1S/C12H11FN2O/c13-11-3-1-10(2-4-11)12(16)15-6-5-9(7-14)8-15/h1-6,8H,7,14H2. The Kier molecular flexibility index (Phi) is 2.83. The maximum absolute atomic E-state index is 12.7. The summed E-state index contributed by atoms with van der Waals surface area (Å²) in [5, 5.41) is 0. The van der Waals surface area contributed by atoms with E-state index in [9.17, 15) is 9.18 Å². The molecular weight excluding hydrogens is 207 g/mol. The van der Waals surface area contributed by atoms with Crippen LogP contribution in [0.5, 0.6) is 0 Å². The summed E-state index contributed by atoms with van der Waals surface area (Å²) in [7, 11) is 0. The molecule has 0 aliphatic heterocycles. The molecule has 2 aromatic rings. The van der Waals surface area contributed by atoms with Crippen LogP contribution in [0.1, 0.15) is 15.9 Å². The number of halogens is 1. The summed E-state index contributed by atoms with van der Waals surface area (Å²) < 4.78 is 14.1. The zero-order chi connectivity index (χ0) is 11.5. The van der Waals surface area contributed by atoms with Crippen LogP contribution in [-0.2, 0) is 6.54 Å². The second-order valence-electron chi connectivity index (χ2n) is 3.44. The minimum absolute atomic E-state index is 0.195. The predicted octanol–water partition coefficient (Wildman–Crippen LogP) is 1.77. The summed E-state index contributed by atoms with van der Waals surface area (Å²) in [6, 6.07) is 7.22. The minimum atomic E-state index is -0.355. The average Bonchev–Trinajstić information content (AvgIpc) is 2.77. The van der Waals surface area contributed by atoms with Crippen LogP contribution in [0.15, 0.2) is 42.7 Å². The quantitative estimate of drug-likeness (QED) is 0.835. The molecule has 0 atom stereocenters. The largest absolute Gasteiger partial charge is 0.326 e. The molecule has 1 aromatic heterocycles. The Morgan fingerprint density at radius 2 is 1.94 bits per heavy atom. The van der Waals surface area contributed by atoms with Gasteiger partial charge < -0.3 is 5.73 Å². The summed E-state index contributed by atoms with van der Waals surface area (Å²) in [6.45, 7) is 0.393. The summed E-state index contributed by atoms with van der Waals surface area (Å²) in [5.41, 5.74) is 6.78. The Morgan fingerprint density at radius 3 is 2.50 bits per heavy atom. The van der Waals surface area contributed by atoms with Crippen LogP contribution in [0.2, 0.25) is 0 Å². The highest BCUT2D eigenvalue weighted by Crippen LogP contribution is 2.07. The van der Waals surface area contributed by atoms with Gasteiger partial charge in [-0.25, -0.2) is 4.39 Å². The van der Waals surface area contributed by atoms with Crippen molar-refractivity contribution in [2.24, 2.45) is 5.73 Å². The molecule has 82 valence electrons. The van der Waals surface area contributed by atoms with E-state index in [4.69, 9.17) is 5.73 Å². The topological polar surface area (TPSA) is 48.0 Å². The van der Waals surface area contributed by atoms with Gasteiger partial charge in [0.15, 0.2) is 0 Å². The number of carbonyl (C=O) groups excluding carboxylic acids is 1. The fourth-order valence-electron chi connectivity index (χ4n) is 1.43. The lowest BCUT2D eigenvalue weighted by Crippen LogP contribution is -2.09. The molecule has 0 bridgehead atoms. The van der Waals surface area contributed by atoms with E-state index in [-0.39, 0.29) is 11.7 Å². The van der Waals surface area contributed by atoms with E-state index in [1.807, 2.05) is 0 Å². The van der Waals surface area contributed by atoms with Gasteiger partial charge in [-0.05, 0) is 35.9 Å². The third-order valence-corrected chi connectivity index (χ3v) is 2.32. The van der Waals surface area contributed by atoms with Gasteiger partial charge in [0.1, 0.15) is 5.82 Å². The van der Waals surface area contributed by atoms with E-state index >= 15 is 0 Å². The molecule has 0 aliphatic carbocycles. The van der Waals surface area contributed by atoms with Gasteiger partial charge in [-0.2, -0.15) is 0 Å². The fourth-order valence-corrected chi connectivity index (χ4v) is 1.43. The van der Waals surface area contributed by atoms with Gasteiger partial charge in [-0.15, -0.1) is 0 Å². The third-order valence-electron chi connectivity index (χ3n) is 2.32. The maximum atomic E-state index is 12.7. The van der Waals surface area contributed by atoms with Gasteiger partial charge in [-0.1, -0.05) is 0 Å². The number of aromatic nitrogens is 1. The van der Waals surface area contributed by atoms with Crippen molar-refractivity contribution in [2.45, 2.75) is 6.54 Å². The Bertz CT molecular complexity index is 502. The van der Waals surface area contributed by atoms with Crippen LogP contribution in [0, 0.1) is 5.82 Å². The molecule has 2 rings (SSSR count). The van der Waals surface area contributed by atoms with E-state index in [2.05, 4.69) is 0 Å². The number of carbonyl (C=O) groups is 1. The molecule has 0 radical (unpaired) electrons. The van der Waals surface area contributed by atoms with Crippen LogP contribution >= 0.6 is 0 Å². The zero-order valence-electron chi connectivity index (χ0n) is 8.56. The lowest BCUT2D eigenvalue weighted by molar-refractivity contribution is 0.0960. The molecule has 1 aromatic carbocycles. The van der Waals surface area contributed by atoms with E-state index < -0.39 is 0 Å². The van der Waals surface area contributed by atoms with Crippen LogP contribution in [0.25, 0.3) is 0 Å². The molecule has 0 spiro atoms. The monoisotopic (exact) mass is 218 g/mol. The highest BCUT2D eigenvalue weighted by atomic mass is 19.1. The van der Waals surface area contributed by atoms with Crippen molar-refractivity contribution < 1.29 is 9.18 Å². The van der Waals surface area contributed by atoms with Gasteiger partial charge in [0.2, 0.25) is 0 Å². The first kappa shape index (κ1) is 10.6. The smallest absolute Gasteiger partial charge is 0.261 e. The molecule has 2 N–H and O–H groups in total. The first-order valence-electron chi connectivity index (χ1n) is 4.88. The fraction of sp³-hybridized carbons (Fsp3) is 0.0833. The molecule has 0 saturated heterocycles. The Labute approximate surface area is 92.3 Å². The number of hydrogen-bond acceptors (Lipinski definition) is 2. The summed E-state index contributed by atoms with van der Waals surface area (Å²) in [6.07, 6.45) is 3.32. The second kappa shape index (κ2) is 4.28. The normalized spacial score (nSPS) is 10.4. The van der Waals surface area contributed by atoms with Crippen molar-refractivity contribution in [1.29, 1.82) is 0 Å². The average molecular weight is 218 g/mol. The van der Waals surface area contributed by atoms with Gasteiger partial charge in [0.05, 0.1) is 0 Å². The van der Waals surface area contributed by atoms with E-state index in [0.717, 1.165) is 5.56 Å². The number of hydrogen-bond donors (Lipinski definition) is 1. The van der Waals surface area contributed by atoms with E-state index in [1.165, 1.54) is 28.8 Å². The molecule has 0 unspecified atom stereocenters. The van der Waals surface area contributed by atoms with Crippen molar-refractivity contribution in [2.75, 3.05) is 0 Å². The highest BCUT2D eigenvalue weighted by Gasteiger charge is 2.08. The first-order valence-corrected chi connectivity index (χ1v) is 4.88. The second-order valence-corrected chi connectivity index (χ2v) is 3.44. The number of benzene rings is 1. The molecular formula is C12H11FN2O. The van der Waals surface area contributed by atoms with Crippen molar-refractivity contribution in [1.82, 2.24) is 4.57 Å². The summed E-state index contributed by atoms with van der Waals surface area (Å²) in [5.74, 6) is -0.550. The molecule has 16 heavy (non-hydrogen) atoms. The third kappa shape index (κ3) is 2.01. The first-order chi connectivity index (χ1) is 7.70.